The predicted octanol–water partition coefficient (Wildman–Crippen LogP) is 5.49. The third-order valence-electron chi connectivity index (χ3n) is 6.17. The van der Waals surface area contributed by atoms with Gasteiger partial charge in [-0.25, -0.2) is 14.8 Å². The number of thioether (sulfide) groups is 1. The summed E-state index contributed by atoms with van der Waals surface area (Å²) in [5, 5.41) is 11.4. The van der Waals surface area contributed by atoms with Crippen molar-refractivity contribution in [2.75, 3.05) is 24.7 Å². The second-order valence-corrected chi connectivity index (χ2v) is 16.1. The van der Waals surface area contributed by atoms with E-state index in [-0.39, 0.29) is 0 Å². The van der Waals surface area contributed by atoms with Crippen LogP contribution in [-0.2, 0) is 29.2 Å². The number of para-hydroxylation sites is 1. The molecule has 1 amide bonds. The highest BCUT2D eigenvalue weighted by atomic mass is 79.9. The topological polar surface area (TPSA) is 120 Å². The second-order valence-electron chi connectivity index (χ2n) is 11.1. The number of alkyl carbamates (subject to hydrolysis) is 1. The number of nitrogens with one attached hydrogen (secondary N) is 2. The Bertz CT molecular complexity index is 1490. The summed E-state index contributed by atoms with van der Waals surface area (Å²) in [7, 11) is -0.716. The van der Waals surface area contributed by atoms with Gasteiger partial charge in [0.05, 0.1) is 28.2 Å². The number of amides is 1. The van der Waals surface area contributed by atoms with Crippen LogP contribution in [0.15, 0.2) is 34.0 Å². The summed E-state index contributed by atoms with van der Waals surface area (Å²) in [5.74, 6) is 1.42. The number of hydrogen-bond donors (Lipinski definition) is 2. The number of ether oxygens (including phenoxy) is 2. The Morgan fingerprint density at radius 1 is 1.20 bits per heavy atom. The van der Waals surface area contributed by atoms with E-state index in [1.54, 1.807) is 10.7 Å². The average Bonchev–Trinajstić information content (AvgIpc) is 3.46. The van der Waals surface area contributed by atoms with Gasteiger partial charge in [0.1, 0.15) is 18.2 Å². The van der Waals surface area contributed by atoms with Crippen LogP contribution < -0.4 is 10.6 Å². The molecule has 0 fully saturated rings. The van der Waals surface area contributed by atoms with Gasteiger partial charge < -0.3 is 24.7 Å². The van der Waals surface area contributed by atoms with Crippen molar-refractivity contribution >= 4 is 65.2 Å². The van der Waals surface area contributed by atoms with E-state index >= 15 is 0 Å². The largest absolute Gasteiger partial charge is 0.444 e. The SMILES string of the molecule is CSc1nc(NCc2nc3cccc(CCCNC(=O)OC(C)(C)C)c3n2COCC[SiH](C)C)n2ncc(Br)c2n1. The van der Waals surface area contributed by atoms with E-state index in [1.165, 1.54) is 11.8 Å². The van der Waals surface area contributed by atoms with Crippen LogP contribution in [-0.4, -0.2) is 69.0 Å². The molecule has 14 heteroatoms. The Labute approximate surface area is 254 Å². The molecule has 4 rings (SSSR count). The monoisotopic (exact) mass is 662 g/mol. The first-order chi connectivity index (χ1) is 19.6. The van der Waals surface area contributed by atoms with Gasteiger partial charge in [-0.3, -0.25) is 0 Å². The summed E-state index contributed by atoms with van der Waals surface area (Å²) in [4.78, 5) is 26.2. The zero-order valence-corrected chi connectivity index (χ0v) is 28.1. The van der Waals surface area contributed by atoms with E-state index in [4.69, 9.17) is 14.5 Å². The quantitative estimate of drug-likeness (QED) is 0.109. The number of rotatable bonds is 13. The van der Waals surface area contributed by atoms with Crippen LogP contribution in [0.25, 0.3) is 16.7 Å². The molecule has 0 atom stereocenters. The van der Waals surface area contributed by atoms with Crippen LogP contribution in [0.4, 0.5) is 10.7 Å². The number of aryl methyl sites for hydroxylation is 1. The van der Waals surface area contributed by atoms with Crippen molar-refractivity contribution in [2.24, 2.45) is 0 Å². The van der Waals surface area contributed by atoms with Crippen LogP contribution in [0.3, 0.4) is 0 Å². The van der Waals surface area contributed by atoms with Gasteiger partial charge in [0.15, 0.2) is 10.8 Å². The first-order valence-corrected chi connectivity index (χ1v) is 18.9. The average molecular weight is 664 g/mol. The highest BCUT2D eigenvalue weighted by Crippen LogP contribution is 2.25. The summed E-state index contributed by atoms with van der Waals surface area (Å²) in [6.07, 6.45) is 4.80. The summed E-state index contributed by atoms with van der Waals surface area (Å²) in [6.45, 7) is 12.3. The number of aromatic nitrogens is 6. The van der Waals surface area contributed by atoms with Crippen LogP contribution in [0.5, 0.6) is 0 Å². The Hall–Kier alpha value is -2.68. The van der Waals surface area contributed by atoms with Crippen molar-refractivity contribution in [3.05, 3.63) is 40.3 Å². The maximum Gasteiger partial charge on any atom is 0.407 e. The van der Waals surface area contributed by atoms with Crippen molar-refractivity contribution < 1.29 is 14.3 Å². The van der Waals surface area contributed by atoms with Gasteiger partial charge in [-0.1, -0.05) is 37.0 Å². The summed E-state index contributed by atoms with van der Waals surface area (Å²) < 4.78 is 16.2. The molecule has 3 heterocycles. The normalized spacial score (nSPS) is 12.0. The number of anilines is 1. The molecule has 1 aromatic carbocycles. The first-order valence-electron chi connectivity index (χ1n) is 13.8. The Morgan fingerprint density at radius 2 is 2.00 bits per heavy atom. The molecule has 0 aliphatic rings. The Kier molecular flexibility index (Phi) is 10.7. The van der Waals surface area contributed by atoms with Gasteiger partial charge in [0.2, 0.25) is 5.95 Å². The number of carbonyl (C=O) groups is 1. The molecule has 0 spiro atoms. The third kappa shape index (κ3) is 8.43. The van der Waals surface area contributed by atoms with E-state index < -0.39 is 20.5 Å². The Morgan fingerprint density at radius 3 is 2.73 bits per heavy atom. The van der Waals surface area contributed by atoms with E-state index in [0.29, 0.717) is 36.6 Å². The molecule has 0 bridgehead atoms. The number of imidazole rings is 1. The van der Waals surface area contributed by atoms with Crippen molar-refractivity contribution in [1.29, 1.82) is 0 Å². The van der Waals surface area contributed by atoms with Gasteiger partial charge in [-0.2, -0.15) is 14.6 Å². The summed E-state index contributed by atoms with van der Waals surface area (Å²) >= 11 is 5.00. The zero-order chi connectivity index (χ0) is 29.6. The molecule has 11 nitrogen and oxygen atoms in total. The summed E-state index contributed by atoms with van der Waals surface area (Å²) in [6, 6.07) is 7.29. The molecular weight excluding hydrogens is 624 g/mol. The van der Waals surface area contributed by atoms with Gasteiger partial charge in [-0.05, 0) is 73.5 Å². The second kappa shape index (κ2) is 14.0. The van der Waals surface area contributed by atoms with Gasteiger partial charge in [0, 0.05) is 21.9 Å². The van der Waals surface area contributed by atoms with E-state index in [2.05, 4.69) is 65.4 Å². The van der Waals surface area contributed by atoms with E-state index in [9.17, 15) is 4.79 Å². The molecule has 0 aliphatic carbocycles. The lowest BCUT2D eigenvalue weighted by Crippen LogP contribution is -2.33. The molecule has 4 aromatic rings. The molecule has 41 heavy (non-hydrogen) atoms. The zero-order valence-electron chi connectivity index (χ0n) is 24.5. The molecule has 3 aromatic heterocycles. The molecule has 222 valence electrons. The number of halogens is 1. The molecular formula is C27H39BrN8O3SSi. The maximum absolute atomic E-state index is 12.1. The van der Waals surface area contributed by atoms with E-state index in [0.717, 1.165) is 52.4 Å². The van der Waals surface area contributed by atoms with Crippen LogP contribution >= 0.6 is 27.7 Å². The molecule has 2 N–H and O–H groups in total. The lowest BCUT2D eigenvalue weighted by atomic mass is 10.1. The summed E-state index contributed by atoms with van der Waals surface area (Å²) in [5.41, 5.74) is 3.28. The highest BCUT2D eigenvalue weighted by Gasteiger charge is 2.18. The van der Waals surface area contributed by atoms with Crippen molar-refractivity contribution in [1.82, 2.24) is 34.4 Å². The number of benzene rings is 1. The van der Waals surface area contributed by atoms with Crippen molar-refractivity contribution in [3.8, 4) is 0 Å². The molecule has 0 unspecified atom stereocenters. The van der Waals surface area contributed by atoms with Crippen LogP contribution in [0.2, 0.25) is 19.1 Å². The van der Waals surface area contributed by atoms with Crippen LogP contribution in [0, 0.1) is 0 Å². The number of carbonyl (C=O) groups excluding carboxylic acids is 1. The number of hydrogen-bond acceptors (Lipinski definition) is 9. The fourth-order valence-corrected chi connectivity index (χ4v) is 5.58. The molecule has 0 radical (unpaired) electrons. The van der Waals surface area contributed by atoms with Gasteiger partial charge in [0.25, 0.3) is 0 Å². The van der Waals surface area contributed by atoms with Crippen LogP contribution in [0.1, 0.15) is 38.6 Å². The van der Waals surface area contributed by atoms with E-state index in [1.807, 2.05) is 39.2 Å². The minimum absolute atomic E-state index is 0.399. The number of fused-ring (bicyclic) bond motifs is 2. The lowest BCUT2D eigenvalue weighted by Gasteiger charge is -2.19. The van der Waals surface area contributed by atoms with Gasteiger partial charge >= 0.3 is 6.09 Å². The Balaban J connectivity index is 1.56. The minimum Gasteiger partial charge on any atom is -0.444 e. The predicted molar refractivity (Wildman–Crippen MR) is 170 cm³/mol. The first kappa shape index (κ1) is 31.3. The lowest BCUT2D eigenvalue weighted by molar-refractivity contribution is 0.0527. The minimum atomic E-state index is -0.716. The van der Waals surface area contributed by atoms with Crippen molar-refractivity contribution in [2.45, 2.75) is 76.8 Å². The molecule has 0 aliphatic heterocycles. The third-order valence-corrected chi connectivity index (χ3v) is 8.67. The van der Waals surface area contributed by atoms with Crippen molar-refractivity contribution in [3.63, 3.8) is 0 Å². The fraction of sp³-hybridized carbons (Fsp3) is 0.519. The molecule has 0 saturated heterocycles. The fourth-order valence-electron chi connectivity index (χ4n) is 4.24. The highest BCUT2D eigenvalue weighted by molar-refractivity contribution is 9.10. The van der Waals surface area contributed by atoms with Gasteiger partial charge in [-0.15, -0.1) is 0 Å². The molecule has 0 saturated carbocycles. The maximum atomic E-state index is 12.1. The standard InChI is InChI=1S/C27H39BrN8O3SSi/c1-27(2,3)39-26(37)29-12-8-10-18-9-7-11-20-22(18)35(17-38-13-14-41(5)6)21(32-20)16-30-24-34-25(40-4)33-23-19(28)15-31-36(23)24/h7,9,11,15,41H,8,10,12-14,16-17H2,1-6H3,(H,29,37)(H,30,33,34). The number of nitrogens with zero attached hydrogens (tertiary/aromatic N) is 6. The smallest absolute Gasteiger partial charge is 0.407 e.